The zero-order chi connectivity index (χ0) is 23.0. The van der Waals surface area contributed by atoms with Crippen molar-refractivity contribution in [1.29, 1.82) is 0 Å². The van der Waals surface area contributed by atoms with Crippen LogP contribution in [0, 0.1) is 12.8 Å². The lowest BCUT2D eigenvalue weighted by atomic mass is 10.2. The summed E-state index contributed by atoms with van der Waals surface area (Å²) in [5.74, 6) is 0.709. The van der Waals surface area contributed by atoms with Crippen LogP contribution < -0.4 is 10.2 Å². The van der Waals surface area contributed by atoms with Gasteiger partial charge in [-0.2, -0.15) is 5.10 Å². The number of fused-ring (bicyclic) bond motifs is 1. The number of aromatic nitrogens is 5. The highest BCUT2D eigenvalue weighted by Gasteiger charge is 2.25. The van der Waals surface area contributed by atoms with Gasteiger partial charge in [-0.05, 0) is 38.1 Å². The standard InChI is InChI=1S/C22H25N7O2S/c1-12(2)22(31)28(5)20-18(16-8-6-13(3)32-16)29-10-15(7-9-17(29)26-20)21(30)25-14(4)19-23-11-24-27-19/h6-12,14H,1-5H3,(H,25,30)(H,23,24,27)/t14-/m0/s1. The summed E-state index contributed by atoms with van der Waals surface area (Å²) in [6.45, 7) is 7.59. The number of H-pyrrole nitrogens is 1. The molecule has 4 heterocycles. The Balaban J connectivity index is 1.78. The van der Waals surface area contributed by atoms with E-state index in [2.05, 4.69) is 20.5 Å². The fourth-order valence-electron chi connectivity index (χ4n) is 3.45. The molecule has 10 heteroatoms. The molecule has 4 aromatic heterocycles. The summed E-state index contributed by atoms with van der Waals surface area (Å²) in [6, 6.07) is 7.23. The molecule has 0 aliphatic rings. The third-order valence-electron chi connectivity index (χ3n) is 5.17. The predicted molar refractivity (Wildman–Crippen MR) is 124 cm³/mol. The Morgan fingerprint density at radius 2 is 1.97 bits per heavy atom. The van der Waals surface area contributed by atoms with Gasteiger partial charge in [0.25, 0.3) is 5.91 Å². The van der Waals surface area contributed by atoms with E-state index in [1.807, 2.05) is 44.2 Å². The van der Waals surface area contributed by atoms with Crippen LogP contribution in [0.15, 0.2) is 36.8 Å². The first kappa shape index (κ1) is 21.7. The summed E-state index contributed by atoms with van der Waals surface area (Å²) >= 11 is 1.62. The number of hydrogen-bond acceptors (Lipinski definition) is 6. The normalized spacial score (nSPS) is 12.3. The monoisotopic (exact) mass is 451 g/mol. The van der Waals surface area contributed by atoms with Crippen LogP contribution in [0.3, 0.4) is 0 Å². The molecule has 32 heavy (non-hydrogen) atoms. The van der Waals surface area contributed by atoms with E-state index in [1.54, 1.807) is 41.6 Å². The highest BCUT2D eigenvalue weighted by atomic mass is 32.1. The number of carbonyl (C=O) groups is 2. The summed E-state index contributed by atoms with van der Waals surface area (Å²) in [5.41, 5.74) is 1.91. The van der Waals surface area contributed by atoms with Crippen LogP contribution in [0.2, 0.25) is 0 Å². The lowest BCUT2D eigenvalue weighted by molar-refractivity contribution is -0.121. The maximum Gasteiger partial charge on any atom is 0.253 e. The third-order valence-corrected chi connectivity index (χ3v) is 6.18. The third kappa shape index (κ3) is 4.01. The Bertz CT molecular complexity index is 1270. The Hall–Kier alpha value is -3.53. The predicted octanol–water partition coefficient (Wildman–Crippen LogP) is 3.60. The summed E-state index contributed by atoms with van der Waals surface area (Å²) in [4.78, 5) is 38.2. The van der Waals surface area contributed by atoms with E-state index < -0.39 is 0 Å². The zero-order valence-corrected chi connectivity index (χ0v) is 19.4. The minimum absolute atomic E-state index is 0.0261. The first-order valence-corrected chi connectivity index (χ1v) is 11.1. The number of aromatic amines is 1. The highest BCUT2D eigenvalue weighted by Crippen LogP contribution is 2.36. The van der Waals surface area contributed by atoms with Gasteiger partial charge >= 0.3 is 0 Å². The number of anilines is 1. The van der Waals surface area contributed by atoms with Crippen LogP contribution >= 0.6 is 11.3 Å². The van der Waals surface area contributed by atoms with E-state index in [0.29, 0.717) is 22.9 Å². The Kier molecular flexibility index (Phi) is 5.79. The fraction of sp³-hybridized carbons (Fsp3) is 0.318. The van der Waals surface area contributed by atoms with Gasteiger partial charge in [-0.1, -0.05) is 13.8 Å². The maximum absolute atomic E-state index is 12.9. The molecule has 166 valence electrons. The summed E-state index contributed by atoms with van der Waals surface area (Å²) in [7, 11) is 1.74. The molecular formula is C22H25N7O2S. The van der Waals surface area contributed by atoms with Gasteiger partial charge in [0.2, 0.25) is 5.91 Å². The van der Waals surface area contributed by atoms with E-state index in [-0.39, 0.29) is 23.8 Å². The number of rotatable bonds is 6. The van der Waals surface area contributed by atoms with Gasteiger partial charge in [0.05, 0.1) is 16.5 Å². The largest absolute Gasteiger partial charge is 0.342 e. The van der Waals surface area contributed by atoms with Crippen molar-refractivity contribution in [1.82, 2.24) is 29.9 Å². The topological polar surface area (TPSA) is 108 Å². The van der Waals surface area contributed by atoms with Crippen molar-refractivity contribution in [2.75, 3.05) is 11.9 Å². The molecular weight excluding hydrogens is 426 g/mol. The Labute approximate surface area is 189 Å². The molecule has 0 radical (unpaired) electrons. The van der Waals surface area contributed by atoms with Gasteiger partial charge < -0.3 is 5.32 Å². The second-order valence-corrected chi connectivity index (χ2v) is 9.25. The molecule has 0 aliphatic heterocycles. The van der Waals surface area contributed by atoms with Crippen molar-refractivity contribution in [3.05, 3.63) is 53.1 Å². The number of hydrogen-bond donors (Lipinski definition) is 2. The molecule has 0 spiro atoms. The van der Waals surface area contributed by atoms with Gasteiger partial charge in [0.15, 0.2) is 5.82 Å². The molecule has 9 nitrogen and oxygen atoms in total. The average Bonchev–Trinajstić information content (AvgIpc) is 3.51. The number of thiophene rings is 1. The molecule has 0 fully saturated rings. The quantitative estimate of drug-likeness (QED) is 0.466. The van der Waals surface area contributed by atoms with Crippen LogP contribution in [-0.4, -0.2) is 43.4 Å². The van der Waals surface area contributed by atoms with E-state index in [9.17, 15) is 9.59 Å². The van der Waals surface area contributed by atoms with Gasteiger partial charge in [-0.15, -0.1) is 11.3 Å². The molecule has 0 aliphatic carbocycles. The molecule has 0 bridgehead atoms. The van der Waals surface area contributed by atoms with Gasteiger partial charge in [0.1, 0.15) is 23.5 Å². The van der Waals surface area contributed by atoms with Crippen molar-refractivity contribution >= 4 is 34.6 Å². The van der Waals surface area contributed by atoms with Crippen LogP contribution in [0.25, 0.3) is 16.2 Å². The second-order valence-electron chi connectivity index (χ2n) is 7.96. The molecule has 4 rings (SSSR count). The van der Waals surface area contributed by atoms with E-state index in [4.69, 9.17) is 4.98 Å². The molecule has 0 saturated heterocycles. The summed E-state index contributed by atoms with van der Waals surface area (Å²) in [5, 5.41) is 9.51. The maximum atomic E-state index is 12.9. The number of imidazole rings is 1. The second kappa shape index (κ2) is 8.54. The number of carbonyl (C=O) groups excluding carboxylic acids is 2. The number of nitrogens with zero attached hydrogens (tertiary/aromatic N) is 5. The van der Waals surface area contributed by atoms with Gasteiger partial charge in [-0.25, -0.2) is 9.97 Å². The van der Waals surface area contributed by atoms with Crippen molar-refractivity contribution in [3.63, 3.8) is 0 Å². The van der Waals surface area contributed by atoms with Crippen molar-refractivity contribution in [2.45, 2.75) is 33.7 Å². The molecule has 1 atom stereocenters. The van der Waals surface area contributed by atoms with Crippen LogP contribution in [0.5, 0.6) is 0 Å². The molecule has 0 unspecified atom stereocenters. The molecule has 0 aromatic carbocycles. The van der Waals surface area contributed by atoms with E-state index in [0.717, 1.165) is 15.4 Å². The minimum Gasteiger partial charge on any atom is -0.342 e. The van der Waals surface area contributed by atoms with E-state index >= 15 is 0 Å². The van der Waals surface area contributed by atoms with E-state index in [1.165, 1.54) is 6.33 Å². The SMILES string of the molecule is Cc1ccc(-c2c(N(C)C(=O)C(C)C)nc3ccc(C(=O)N[C@@H](C)c4ncn[nH]4)cn23)s1. The lowest BCUT2D eigenvalue weighted by Crippen LogP contribution is -2.30. The fourth-order valence-corrected chi connectivity index (χ4v) is 4.36. The number of amides is 2. The lowest BCUT2D eigenvalue weighted by Gasteiger charge is -2.18. The molecule has 4 aromatic rings. The van der Waals surface area contributed by atoms with Crippen LogP contribution in [0.4, 0.5) is 5.82 Å². The first-order valence-electron chi connectivity index (χ1n) is 10.3. The number of aryl methyl sites for hydroxylation is 1. The smallest absolute Gasteiger partial charge is 0.253 e. The minimum atomic E-state index is -0.326. The highest BCUT2D eigenvalue weighted by molar-refractivity contribution is 7.15. The molecule has 2 N–H and O–H groups in total. The van der Waals surface area contributed by atoms with Crippen LogP contribution in [0.1, 0.15) is 47.9 Å². The van der Waals surface area contributed by atoms with Gasteiger partial charge in [-0.3, -0.25) is 24.0 Å². The molecule has 2 amide bonds. The Morgan fingerprint density at radius 3 is 2.59 bits per heavy atom. The summed E-state index contributed by atoms with van der Waals surface area (Å²) < 4.78 is 1.87. The van der Waals surface area contributed by atoms with Crippen molar-refractivity contribution in [2.24, 2.45) is 5.92 Å². The first-order chi connectivity index (χ1) is 15.3. The summed E-state index contributed by atoms with van der Waals surface area (Å²) in [6.07, 6.45) is 3.16. The van der Waals surface area contributed by atoms with Crippen molar-refractivity contribution < 1.29 is 9.59 Å². The number of nitrogens with one attached hydrogen (secondary N) is 2. The van der Waals surface area contributed by atoms with Crippen LogP contribution in [-0.2, 0) is 4.79 Å². The number of pyridine rings is 1. The van der Waals surface area contributed by atoms with Gasteiger partial charge in [0, 0.05) is 24.0 Å². The Morgan fingerprint density at radius 1 is 1.19 bits per heavy atom. The zero-order valence-electron chi connectivity index (χ0n) is 18.6. The average molecular weight is 452 g/mol. The molecule has 0 saturated carbocycles. The van der Waals surface area contributed by atoms with Crippen molar-refractivity contribution in [3.8, 4) is 10.6 Å².